The van der Waals surface area contributed by atoms with Crippen molar-refractivity contribution < 1.29 is 19.4 Å². The quantitative estimate of drug-likeness (QED) is 0.864. The molecule has 0 aliphatic rings. The number of hydrogen-bond acceptors (Lipinski definition) is 4. The minimum atomic E-state index is -1.18. The van der Waals surface area contributed by atoms with Crippen molar-refractivity contribution in [3.63, 3.8) is 0 Å². The van der Waals surface area contributed by atoms with Crippen LogP contribution in [0.1, 0.15) is 24.2 Å². The smallest absolute Gasteiger partial charge is 0.185 e. The van der Waals surface area contributed by atoms with Crippen molar-refractivity contribution in [1.29, 1.82) is 0 Å². The molecule has 5 heteroatoms. The highest BCUT2D eigenvalue weighted by atomic mass is 32.2. The summed E-state index contributed by atoms with van der Waals surface area (Å²) in [5, 5.41) is 19.4. The van der Waals surface area contributed by atoms with Crippen LogP contribution in [0.3, 0.4) is 0 Å². The number of aryl methyl sites for hydroxylation is 1. The van der Waals surface area contributed by atoms with Gasteiger partial charge in [-0.2, -0.15) is 0 Å². The number of aliphatic hydroxyl groups is 2. The molecule has 2 N–H and O–H groups in total. The van der Waals surface area contributed by atoms with Crippen LogP contribution in [0.4, 0.5) is 4.39 Å². The highest BCUT2D eigenvalue weighted by Crippen LogP contribution is 2.23. The van der Waals surface area contributed by atoms with Gasteiger partial charge in [0.05, 0.1) is 6.10 Å². The van der Waals surface area contributed by atoms with E-state index in [1.165, 1.54) is 19.1 Å². The predicted octanol–water partition coefficient (Wildman–Crippen LogP) is 1.81. The maximum Gasteiger partial charge on any atom is 0.185 e. The molecule has 1 rings (SSSR count). The lowest BCUT2D eigenvalue weighted by atomic mass is 10.00. The average Bonchev–Trinajstić information content (AvgIpc) is 2.28. The van der Waals surface area contributed by atoms with Crippen molar-refractivity contribution in [2.75, 3.05) is 5.75 Å². The number of rotatable bonds is 4. The second-order valence-electron chi connectivity index (χ2n) is 3.82. The van der Waals surface area contributed by atoms with Crippen molar-refractivity contribution in [3.05, 3.63) is 35.1 Å². The zero-order valence-electron chi connectivity index (χ0n) is 9.68. The number of benzene rings is 1. The first-order valence-corrected chi connectivity index (χ1v) is 6.16. The van der Waals surface area contributed by atoms with Gasteiger partial charge >= 0.3 is 0 Å². The first-order valence-electron chi connectivity index (χ1n) is 5.17. The Morgan fingerprint density at radius 1 is 1.47 bits per heavy atom. The van der Waals surface area contributed by atoms with Crippen LogP contribution in [0, 0.1) is 12.7 Å². The topological polar surface area (TPSA) is 57.5 Å². The zero-order chi connectivity index (χ0) is 13.0. The van der Waals surface area contributed by atoms with Gasteiger partial charge in [0.25, 0.3) is 0 Å². The molecular weight excluding hydrogens is 243 g/mol. The van der Waals surface area contributed by atoms with Gasteiger partial charge in [-0.1, -0.05) is 17.8 Å². The Morgan fingerprint density at radius 2 is 2.12 bits per heavy atom. The molecule has 3 nitrogen and oxygen atoms in total. The molecule has 0 fully saturated rings. The molecule has 0 saturated carbocycles. The Kier molecular flexibility index (Phi) is 5.11. The number of hydrogen-bond donors (Lipinski definition) is 2. The highest BCUT2D eigenvalue weighted by molar-refractivity contribution is 8.13. The molecule has 0 amide bonds. The predicted molar refractivity (Wildman–Crippen MR) is 65.2 cm³/mol. The molecule has 94 valence electrons. The summed E-state index contributed by atoms with van der Waals surface area (Å²) in [5.41, 5.74) is 1.05. The largest absolute Gasteiger partial charge is 0.389 e. The van der Waals surface area contributed by atoms with Gasteiger partial charge in [-0.25, -0.2) is 4.39 Å². The summed E-state index contributed by atoms with van der Waals surface area (Å²) in [5.74, 6) is -0.372. The van der Waals surface area contributed by atoms with E-state index in [2.05, 4.69) is 0 Å². The van der Waals surface area contributed by atoms with Crippen molar-refractivity contribution >= 4 is 16.9 Å². The van der Waals surface area contributed by atoms with Crippen LogP contribution in [0.25, 0.3) is 0 Å². The van der Waals surface area contributed by atoms with Gasteiger partial charge in [-0.05, 0) is 30.2 Å². The third kappa shape index (κ3) is 4.11. The maximum absolute atomic E-state index is 13.0. The van der Waals surface area contributed by atoms with Crippen LogP contribution in [-0.2, 0) is 4.79 Å². The summed E-state index contributed by atoms with van der Waals surface area (Å²) in [4.78, 5) is 10.7. The molecule has 0 saturated heterocycles. The standard InChI is InChI=1S/C12H15FO3S/c1-7-3-4-9(13)5-10(7)12(16)11(15)6-17-8(2)14/h3-5,11-12,15-16H,6H2,1-2H3. The van der Waals surface area contributed by atoms with Gasteiger partial charge in [0, 0.05) is 12.7 Å². The normalized spacial score (nSPS) is 14.4. The summed E-state index contributed by atoms with van der Waals surface area (Å²) in [7, 11) is 0. The number of aliphatic hydroxyl groups excluding tert-OH is 2. The van der Waals surface area contributed by atoms with Crippen LogP contribution in [-0.4, -0.2) is 27.2 Å². The summed E-state index contributed by atoms with van der Waals surface area (Å²) in [6.45, 7) is 3.11. The number of thioether (sulfide) groups is 1. The SMILES string of the molecule is CC(=O)SCC(O)C(O)c1cc(F)ccc1C. The molecule has 0 spiro atoms. The lowest BCUT2D eigenvalue weighted by Crippen LogP contribution is -2.22. The summed E-state index contributed by atoms with van der Waals surface area (Å²) >= 11 is 0.930. The Bertz CT molecular complexity index is 409. The van der Waals surface area contributed by atoms with Gasteiger partial charge < -0.3 is 10.2 Å². The van der Waals surface area contributed by atoms with E-state index < -0.39 is 18.0 Å². The molecule has 0 aliphatic carbocycles. The van der Waals surface area contributed by atoms with Crippen molar-refractivity contribution in [2.24, 2.45) is 0 Å². The second-order valence-corrected chi connectivity index (χ2v) is 5.01. The molecular formula is C12H15FO3S. The molecule has 2 unspecified atom stereocenters. The fourth-order valence-electron chi connectivity index (χ4n) is 1.43. The van der Waals surface area contributed by atoms with Gasteiger partial charge in [0.2, 0.25) is 0 Å². The monoisotopic (exact) mass is 258 g/mol. The lowest BCUT2D eigenvalue weighted by molar-refractivity contribution is -0.109. The average molecular weight is 258 g/mol. The molecule has 1 aromatic rings. The van der Waals surface area contributed by atoms with E-state index in [9.17, 15) is 19.4 Å². The Balaban J connectivity index is 2.77. The second kappa shape index (κ2) is 6.14. The van der Waals surface area contributed by atoms with E-state index in [-0.39, 0.29) is 10.9 Å². The van der Waals surface area contributed by atoms with Crippen LogP contribution >= 0.6 is 11.8 Å². The molecule has 0 radical (unpaired) electrons. The van der Waals surface area contributed by atoms with Crippen LogP contribution in [0.15, 0.2) is 18.2 Å². The van der Waals surface area contributed by atoms with Crippen LogP contribution in [0.2, 0.25) is 0 Å². The zero-order valence-corrected chi connectivity index (χ0v) is 10.5. The molecule has 1 aromatic carbocycles. The lowest BCUT2D eigenvalue weighted by Gasteiger charge is -2.19. The van der Waals surface area contributed by atoms with Crippen LogP contribution < -0.4 is 0 Å². The van der Waals surface area contributed by atoms with E-state index in [1.54, 1.807) is 13.0 Å². The first-order chi connectivity index (χ1) is 7.91. The Labute approximate surface area is 104 Å². The van der Waals surface area contributed by atoms with Gasteiger partial charge in [0.15, 0.2) is 5.12 Å². The van der Waals surface area contributed by atoms with Crippen molar-refractivity contribution in [2.45, 2.75) is 26.1 Å². The summed E-state index contributed by atoms with van der Waals surface area (Å²) in [6, 6.07) is 4.03. The molecule has 0 bridgehead atoms. The highest BCUT2D eigenvalue weighted by Gasteiger charge is 2.21. The molecule has 2 atom stereocenters. The third-order valence-electron chi connectivity index (χ3n) is 2.38. The van der Waals surface area contributed by atoms with Gasteiger partial charge in [-0.3, -0.25) is 4.79 Å². The molecule has 17 heavy (non-hydrogen) atoms. The Morgan fingerprint density at radius 3 is 2.71 bits per heavy atom. The maximum atomic E-state index is 13.0. The summed E-state index contributed by atoms with van der Waals surface area (Å²) in [6.07, 6.45) is -2.28. The number of halogens is 1. The van der Waals surface area contributed by atoms with Crippen molar-refractivity contribution in [3.8, 4) is 0 Å². The van der Waals surface area contributed by atoms with Crippen LogP contribution in [0.5, 0.6) is 0 Å². The van der Waals surface area contributed by atoms with E-state index in [1.807, 2.05) is 0 Å². The number of carbonyl (C=O) groups is 1. The fraction of sp³-hybridized carbons (Fsp3) is 0.417. The third-order valence-corrected chi connectivity index (χ3v) is 3.30. The van der Waals surface area contributed by atoms with Gasteiger partial charge in [0.1, 0.15) is 11.9 Å². The van der Waals surface area contributed by atoms with E-state index >= 15 is 0 Å². The minimum absolute atomic E-state index is 0.0897. The fourth-order valence-corrected chi connectivity index (χ4v) is 2.02. The van der Waals surface area contributed by atoms with E-state index in [0.717, 1.165) is 11.8 Å². The molecule has 0 heterocycles. The molecule has 0 aromatic heterocycles. The molecule has 0 aliphatic heterocycles. The minimum Gasteiger partial charge on any atom is -0.389 e. The summed E-state index contributed by atoms with van der Waals surface area (Å²) < 4.78 is 13.0. The van der Waals surface area contributed by atoms with E-state index in [0.29, 0.717) is 11.1 Å². The Hall–Kier alpha value is -0.910. The van der Waals surface area contributed by atoms with Gasteiger partial charge in [-0.15, -0.1) is 0 Å². The first kappa shape index (κ1) is 14.2. The van der Waals surface area contributed by atoms with E-state index in [4.69, 9.17) is 0 Å². The number of carbonyl (C=O) groups excluding carboxylic acids is 1. The van der Waals surface area contributed by atoms with Crippen molar-refractivity contribution in [1.82, 2.24) is 0 Å².